The van der Waals surface area contributed by atoms with Crippen molar-refractivity contribution in [2.45, 2.75) is 51.0 Å². The van der Waals surface area contributed by atoms with Crippen LogP contribution in [0.4, 0.5) is 0 Å². The van der Waals surface area contributed by atoms with E-state index in [0.29, 0.717) is 0 Å². The fourth-order valence-electron chi connectivity index (χ4n) is 3.85. The molecule has 3 N–H and O–H groups in total. The van der Waals surface area contributed by atoms with E-state index in [4.69, 9.17) is 5.73 Å². The summed E-state index contributed by atoms with van der Waals surface area (Å²) in [6, 6.07) is 0. The number of hydrogen-bond donors (Lipinski definition) is 2. The SMILES string of the molecule is CCN1CCC(CN)(NCC(C2CC2)C2CC2)CC1. The van der Waals surface area contributed by atoms with Crippen molar-refractivity contribution in [3.63, 3.8) is 0 Å². The lowest BCUT2D eigenvalue weighted by Crippen LogP contribution is -2.58. The highest BCUT2D eigenvalue weighted by Gasteiger charge is 2.42. The maximum Gasteiger partial charge on any atom is 0.0328 e. The van der Waals surface area contributed by atoms with Gasteiger partial charge in [0.05, 0.1) is 0 Å². The molecule has 0 unspecified atom stereocenters. The third-order valence-corrected chi connectivity index (χ3v) is 5.82. The lowest BCUT2D eigenvalue weighted by molar-refractivity contribution is 0.136. The molecule has 0 amide bonds. The van der Waals surface area contributed by atoms with Gasteiger partial charge in [-0.2, -0.15) is 0 Å². The average molecular weight is 265 g/mol. The monoisotopic (exact) mass is 265 g/mol. The minimum atomic E-state index is 0.244. The van der Waals surface area contributed by atoms with Crippen LogP contribution in [-0.4, -0.2) is 43.2 Å². The van der Waals surface area contributed by atoms with E-state index in [-0.39, 0.29) is 5.54 Å². The highest BCUT2D eigenvalue weighted by Crippen LogP contribution is 2.49. The lowest BCUT2D eigenvalue weighted by Gasteiger charge is -2.42. The molecule has 0 aromatic carbocycles. The first kappa shape index (κ1) is 13.8. The summed E-state index contributed by atoms with van der Waals surface area (Å²) in [7, 11) is 0. The van der Waals surface area contributed by atoms with E-state index >= 15 is 0 Å². The summed E-state index contributed by atoms with van der Waals surface area (Å²) < 4.78 is 0. The van der Waals surface area contributed by atoms with Gasteiger partial charge < -0.3 is 16.0 Å². The standard InChI is InChI=1S/C16H31N3/c1-2-19-9-7-16(12-17,8-10-19)18-11-15(13-3-4-13)14-5-6-14/h13-15,18H,2-12,17H2,1H3. The van der Waals surface area contributed by atoms with Gasteiger partial charge in [0.25, 0.3) is 0 Å². The number of nitrogens with zero attached hydrogens (tertiary/aromatic N) is 1. The fraction of sp³-hybridized carbons (Fsp3) is 1.00. The third kappa shape index (κ3) is 3.32. The van der Waals surface area contributed by atoms with Crippen molar-refractivity contribution in [1.29, 1.82) is 0 Å². The van der Waals surface area contributed by atoms with Gasteiger partial charge in [-0.3, -0.25) is 0 Å². The Hall–Kier alpha value is -0.120. The van der Waals surface area contributed by atoms with Crippen LogP contribution < -0.4 is 11.1 Å². The average Bonchev–Trinajstić information content (AvgIpc) is 3.32. The molecule has 0 atom stereocenters. The van der Waals surface area contributed by atoms with Crippen LogP contribution in [-0.2, 0) is 0 Å². The minimum Gasteiger partial charge on any atom is -0.329 e. The van der Waals surface area contributed by atoms with Gasteiger partial charge in [0.1, 0.15) is 0 Å². The van der Waals surface area contributed by atoms with Crippen LogP contribution in [0.3, 0.4) is 0 Å². The Kier molecular flexibility index (Phi) is 4.16. The molecule has 0 radical (unpaired) electrons. The normalized spacial score (nSPS) is 27.9. The van der Waals surface area contributed by atoms with Crippen LogP contribution in [0.15, 0.2) is 0 Å². The van der Waals surface area contributed by atoms with Gasteiger partial charge in [-0.25, -0.2) is 0 Å². The second-order valence-electron chi connectivity index (χ2n) is 7.14. The molecule has 0 aromatic heterocycles. The summed E-state index contributed by atoms with van der Waals surface area (Å²) in [6.45, 7) is 7.94. The van der Waals surface area contributed by atoms with Crippen molar-refractivity contribution < 1.29 is 0 Å². The number of hydrogen-bond acceptors (Lipinski definition) is 3. The highest BCUT2D eigenvalue weighted by molar-refractivity contribution is 4.98. The van der Waals surface area contributed by atoms with Crippen LogP contribution in [0.5, 0.6) is 0 Å². The molecule has 0 aromatic rings. The Labute approximate surface area is 118 Å². The number of nitrogens with two attached hydrogens (primary N) is 1. The van der Waals surface area contributed by atoms with Crippen molar-refractivity contribution in [2.24, 2.45) is 23.5 Å². The smallest absolute Gasteiger partial charge is 0.0328 e. The van der Waals surface area contributed by atoms with Crippen LogP contribution in [0.25, 0.3) is 0 Å². The summed E-state index contributed by atoms with van der Waals surface area (Å²) in [5, 5.41) is 3.92. The predicted molar refractivity (Wildman–Crippen MR) is 80.1 cm³/mol. The molecule has 3 fully saturated rings. The van der Waals surface area contributed by atoms with Crippen molar-refractivity contribution in [2.75, 3.05) is 32.7 Å². The lowest BCUT2D eigenvalue weighted by atomic mass is 9.86. The Morgan fingerprint density at radius 1 is 1.16 bits per heavy atom. The van der Waals surface area contributed by atoms with E-state index in [2.05, 4.69) is 17.1 Å². The molecule has 0 bridgehead atoms. The summed E-state index contributed by atoms with van der Waals surface area (Å²) in [6.07, 6.45) is 8.42. The van der Waals surface area contributed by atoms with Crippen molar-refractivity contribution in [3.05, 3.63) is 0 Å². The maximum absolute atomic E-state index is 6.11. The first-order valence-corrected chi connectivity index (χ1v) is 8.44. The molecule has 0 spiro atoms. The highest BCUT2D eigenvalue weighted by atomic mass is 15.2. The summed E-state index contributed by atoms with van der Waals surface area (Å²) in [4.78, 5) is 2.55. The zero-order valence-corrected chi connectivity index (χ0v) is 12.5. The van der Waals surface area contributed by atoms with E-state index < -0.39 is 0 Å². The van der Waals surface area contributed by atoms with Gasteiger partial charge in [0.2, 0.25) is 0 Å². The van der Waals surface area contributed by atoms with Crippen LogP contribution in [0.1, 0.15) is 45.4 Å². The van der Waals surface area contributed by atoms with Gasteiger partial charge in [-0.05, 0) is 82.5 Å². The van der Waals surface area contributed by atoms with Gasteiger partial charge in [0.15, 0.2) is 0 Å². The molecule has 3 rings (SSSR count). The molecule has 1 aliphatic heterocycles. The second-order valence-corrected chi connectivity index (χ2v) is 7.14. The molecule has 1 heterocycles. The van der Waals surface area contributed by atoms with Crippen LogP contribution >= 0.6 is 0 Å². The van der Waals surface area contributed by atoms with E-state index in [1.165, 1.54) is 64.7 Å². The Balaban J connectivity index is 1.51. The van der Waals surface area contributed by atoms with Crippen molar-refractivity contribution in [1.82, 2.24) is 10.2 Å². The Morgan fingerprint density at radius 3 is 2.16 bits per heavy atom. The largest absolute Gasteiger partial charge is 0.329 e. The molecule has 19 heavy (non-hydrogen) atoms. The van der Waals surface area contributed by atoms with E-state index in [1.807, 2.05) is 0 Å². The topological polar surface area (TPSA) is 41.3 Å². The molecule has 3 aliphatic rings. The summed E-state index contributed by atoms with van der Waals surface area (Å²) in [5.41, 5.74) is 6.36. The van der Waals surface area contributed by atoms with Crippen LogP contribution in [0, 0.1) is 17.8 Å². The van der Waals surface area contributed by atoms with Crippen LogP contribution in [0.2, 0.25) is 0 Å². The number of piperidine rings is 1. The summed E-state index contributed by atoms with van der Waals surface area (Å²) in [5.74, 6) is 3.06. The summed E-state index contributed by atoms with van der Waals surface area (Å²) >= 11 is 0. The fourth-order valence-corrected chi connectivity index (χ4v) is 3.85. The first-order chi connectivity index (χ1) is 9.26. The zero-order chi connectivity index (χ0) is 13.3. The van der Waals surface area contributed by atoms with Crippen molar-refractivity contribution in [3.8, 4) is 0 Å². The molecular formula is C16H31N3. The minimum absolute atomic E-state index is 0.244. The van der Waals surface area contributed by atoms with Crippen molar-refractivity contribution >= 4 is 0 Å². The Morgan fingerprint density at radius 2 is 1.74 bits per heavy atom. The number of rotatable bonds is 7. The maximum atomic E-state index is 6.11. The number of nitrogens with one attached hydrogen (secondary N) is 1. The van der Waals surface area contributed by atoms with E-state index in [9.17, 15) is 0 Å². The second kappa shape index (κ2) is 5.71. The zero-order valence-electron chi connectivity index (χ0n) is 12.5. The van der Waals surface area contributed by atoms with Gasteiger partial charge in [-0.1, -0.05) is 6.92 Å². The van der Waals surface area contributed by atoms with Gasteiger partial charge in [-0.15, -0.1) is 0 Å². The quantitative estimate of drug-likeness (QED) is 0.738. The molecular weight excluding hydrogens is 234 g/mol. The van der Waals surface area contributed by atoms with E-state index in [0.717, 1.165) is 24.3 Å². The molecule has 1 saturated heterocycles. The molecule has 2 saturated carbocycles. The molecule has 110 valence electrons. The number of likely N-dealkylation sites (tertiary alicyclic amines) is 1. The van der Waals surface area contributed by atoms with Gasteiger partial charge >= 0.3 is 0 Å². The van der Waals surface area contributed by atoms with Gasteiger partial charge in [0, 0.05) is 12.1 Å². The van der Waals surface area contributed by atoms with E-state index in [1.54, 1.807) is 0 Å². The predicted octanol–water partition coefficient (Wildman–Crippen LogP) is 1.83. The third-order valence-electron chi connectivity index (χ3n) is 5.82. The first-order valence-electron chi connectivity index (χ1n) is 8.44. The Bertz CT molecular complexity index is 276. The molecule has 2 aliphatic carbocycles. The molecule has 3 heteroatoms. The molecule has 3 nitrogen and oxygen atoms in total.